The molecule has 0 spiro atoms. The largest absolute Gasteiger partial charge is 0.338 e. The summed E-state index contributed by atoms with van der Waals surface area (Å²) in [6.07, 6.45) is 0.951. The van der Waals surface area contributed by atoms with E-state index in [9.17, 15) is 4.79 Å². The Hall–Kier alpha value is -1.36. The number of nitrogens with one attached hydrogen (secondary N) is 2. The number of rotatable bonds is 3. The molecule has 1 atom stereocenters. The van der Waals surface area contributed by atoms with E-state index < -0.39 is 5.54 Å². The quantitative estimate of drug-likeness (QED) is 0.899. The second-order valence-electron chi connectivity index (χ2n) is 4.41. The Morgan fingerprint density at radius 3 is 2.78 bits per heavy atom. The van der Waals surface area contributed by atoms with E-state index in [0.717, 1.165) is 16.5 Å². The highest BCUT2D eigenvalue weighted by Crippen LogP contribution is 2.30. The zero-order valence-electron chi connectivity index (χ0n) is 10.5. The highest BCUT2D eigenvalue weighted by Gasteiger charge is 2.43. The van der Waals surface area contributed by atoms with E-state index in [1.165, 1.54) is 0 Å². The minimum Gasteiger partial charge on any atom is -0.338 e. The van der Waals surface area contributed by atoms with Crippen LogP contribution in [0.3, 0.4) is 0 Å². The average Bonchev–Trinajstić information content (AvgIpc) is 2.64. The first-order chi connectivity index (χ1) is 8.58. The van der Waals surface area contributed by atoms with Gasteiger partial charge in [0.15, 0.2) is 5.96 Å². The number of benzene rings is 1. The Morgan fingerprint density at radius 2 is 2.11 bits per heavy atom. The molecule has 1 aromatic rings. The van der Waals surface area contributed by atoms with Gasteiger partial charge in [0.2, 0.25) is 0 Å². The Kier molecular flexibility index (Phi) is 3.71. The molecule has 96 valence electrons. The molecule has 0 bridgehead atoms. The highest BCUT2D eigenvalue weighted by atomic mass is 79.9. The van der Waals surface area contributed by atoms with E-state index >= 15 is 0 Å². The molecule has 1 unspecified atom stereocenters. The lowest BCUT2D eigenvalue weighted by Gasteiger charge is -2.22. The standard InChI is InChI=1S/C13H16BrN3O/c1-3-8-15-12-16-11(18)13(2,17-12)9-6-4-5-7-10(9)14/h4-7H,3,8H2,1-2H3,(H2,15,16,17,18). The second-order valence-corrected chi connectivity index (χ2v) is 5.27. The van der Waals surface area contributed by atoms with E-state index in [1.54, 1.807) is 0 Å². The summed E-state index contributed by atoms with van der Waals surface area (Å²) >= 11 is 3.48. The van der Waals surface area contributed by atoms with Crippen molar-refractivity contribution >= 4 is 27.8 Å². The van der Waals surface area contributed by atoms with Crippen molar-refractivity contribution in [1.82, 2.24) is 10.6 Å². The fraction of sp³-hybridized carbons (Fsp3) is 0.385. The number of nitrogens with zero attached hydrogens (tertiary/aromatic N) is 1. The Balaban J connectivity index is 2.33. The maximum Gasteiger partial charge on any atom is 0.256 e. The Labute approximate surface area is 115 Å². The van der Waals surface area contributed by atoms with Crippen molar-refractivity contribution in [2.45, 2.75) is 25.8 Å². The molecule has 0 saturated carbocycles. The van der Waals surface area contributed by atoms with Crippen LogP contribution in [0.25, 0.3) is 0 Å². The van der Waals surface area contributed by atoms with Crippen LogP contribution in [-0.2, 0) is 10.3 Å². The van der Waals surface area contributed by atoms with E-state index in [1.807, 2.05) is 38.1 Å². The smallest absolute Gasteiger partial charge is 0.256 e. The number of amides is 1. The third kappa shape index (κ3) is 2.27. The molecular weight excluding hydrogens is 294 g/mol. The topological polar surface area (TPSA) is 53.5 Å². The molecule has 0 aromatic heterocycles. The second kappa shape index (κ2) is 5.10. The van der Waals surface area contributed by atoms with Crippen LogP contribution in [0.15, 0.2) is 33.7 Å². The summed E-state index contributed by atoms with van der Waals surface area (Å²) in [6.45, 7) is 4.61. The van der Waals surface area contributed by atoms with Gasteiger partial charge in [-0.25, -0.2) is 0 Å². The summed E-state index contributed by atoms with van der Waals surface area (Å²) in [5, 5.41) is 5.95. The first-order valence-electron chi connectivity index (χ1n) is 5.97. The lowest BCUT2D eigenvalue weighted by molar-refractivity contribution is -0.123. The molecule has 1 fully saturated rings. The summed E-state index contributed by atoms with van der Waals surface area (Å²) < 4.78 is 0.909. The lowest BCUT2D eigenvalue weighted by atomic mass is 9.92. The number of carbonyl (C=O) groups excluding carboxylic acids is 1. The lowest BCUT2D eigenvalue weighted by Crippen LogP contribution is -2.41. The molecule has 18 heavy (non-hydrogen) atoms. The number of carbonyl (C=O) groups is 1. The van der Waals surface area contributed by atoms with Gasteiger partial charge in [0, 0.05) is 16.6 Å². The average molecular weight is 310 g/mol. The molecule has 1 aliphatic heterocycles. The van der Waals surface area contributed by atoms with Gasteiger partial charge in [-0.05, 0) is 19.4 Å². The number of hydrogen-bond donors (Lipinski definition) is 2. The molecule has 0 aliphatic carbocycles. The predicted molar refractivity (Wildman–Crippen MR) is 75.4 cm³/mol. The Bertz CT molecular complexity index is 501. The van der Waals surface area contributed by atoms with E-state index in [0.29, 0.717) is 12.5 Å². The molecule has 2 N–H and O–H groups in total. The monoisotopic (exact) mass is 309 g/mol. The van der Waals surface area contributed by atoms with Crippen molar-refractivity contribution in [2.24, 2.45) is 4.99 Å². The van der Waals surface area contributed by atoms with Crippen LogP contribution in [0.2, 0.25) is 0 Å². The molecular formula is C13H16BrN3O. The number of halogens is 1. The molecule has 1 aromatic carbocycles. The van der Waals surface area contributed by atoms with Gasteiger partial charge in [-0.15, -0.1) is 0 Å². The van der Waals surface area contributed by atoms with Gasteiger partial charge in [-0.2, -0.15) is 0 Å². The van der Waals surface area contributed by atoms with Crippen LogP contribution in [0.1, 0.15) is 25.8 Å². The van der Waals surface area contributed by atoms with E-state index in [-0.39, 0.29) is 5.91 Å². The normalized spacial score (nSPS) is 25.1. The van der Waals surface area contributed by atoms with E-state index in [2.05, 4.69) is 31.6 Å². The van der Waals surface area contributed by atoms with Crippen molar-refractivity contribution < 1.29 is 4.79 Å². The molecule has 4 nitrogen and oxygen atoms in total. The first kappa shape index (κ1) is 13.1. The third-order valence-corrected chi connectivity index (χ3v) is 3.65. The molecule has 1 amide bonds. The molecule has 2 rings (SSSR count). The summed E-state index contributed by atoms with van der Waals surface area (Å²) in [7, 11) is 0. The van der Waals surface area contributed by atoms with Crippen LogP contribution in [0.5, 0.6) is 0 Å². The van der Waals surface area contributed by atoms with Gasteiger partial charge >= 0.3 is 0 Å². The number of aliphatic imine (C=N–C) groups is 1. The van der Waals surface area contributed by atoms with Crippen LogP contribution in [0.4, 0.5) is 0 Å². The van der Waals surface area contributed by atoms with Gasteiger partial charge in [-0.1, -0.05) is 41.1 Å². The summed E-state index contributed by atoms with van der Waals surface area (Å²) in [4.78, 5) is 16.4. The molecule has 1 saturated heterocycles. The summed E-state index contributed by atoms with van der Waals surface area (Å²) in [5.41, 5.74) is 0.136. The maximum atomic E-state index is 12.1. The van der Waals surface area contributed by atoms with Crippen molar-refractivity contribution in [3.05, 3.63) is 34.3 Å². The summed E-state index contributed by atoms with van der Waals surface area (Å²) in [6, 6.07) is 7.70. The van der Waals surface area contributed by atoms with Crippen molar-refractivity contribution in [1.29, 1.82) is 0 Å². The zero-order valence-corrected chi connectivity index (χ0v) is 12.0. The summed E-state index contributed by atoms with van der Waals surface area (Å²) in [5.74, 6) is 0.476. The van der Waals surface area contributed by atoms with Gasteiger partial charge in [0.1, 0.15) is 5.54 Å². The van der Waals surface area contributed by atoms with Gasteiger partial charge < -0.3 is 5.32 Å². The van der Waals surface area contributed by atoms with Crippen molar-refractivity contribution in [3.63, 3.8) is 0 Å². The third-order valence-electron chi connectivity index (χ3n) is 2.96. The minimum absolute atomic E-state index is 0.0794. The predicted octanol–water partition coefficient (Wildman–Crippen LogP) is 2.15. The first-order valence-corrected chi connectivity index (χ1v) is 6.76. The van der Waals surface area contributed by atoms with Crippen LogP contribution in [0, 0.1) is 0 Å². The van der Waals surface area contributed by atoms with Gasteiger partial charge in [0.25, 0.3) is 5.91 Å². The molecule has 5 heteroatoms. The molecule has 1 heterocycles. The highest BCUT2D eigenvalue weighted by molar-refractivity contribution is 9.10. The number of hydrogen-bond acceptors (Lipinski definition) is 2. The minimum atomic E-state index is -0.771. The Morgan fingerprint density at radius 1 is 1.39 bits per heavy atom. The van der Waals surface area contributed by atoms with Gasteiger partial charge in [-0.3, -0.25) is 15.1 Å². The van der Waals surface area contributed by atoms with Crippen LogP contribution < -0.4 is 10.6 Å². The van der Waals surface area contributed by atoms with Crippen molar-refractivity contribution in [3.8, 4) is 0 Å². The number of guanidine groups is 1. The van der Waals surface area contributed by atoms with Crippen molar-refractivity contribution in [2.75, 3.05) is 6.54 Å². The zero-order chi connectivity index (χ0) is 13.2. The van der Waals surface area contributed by atoms with E-state index in [4.69, 9.17) is 0 Å². The fourth-order valence-electron chi connectivity index (χ4n) is 1.92. The van der Waals surface area contributed by atoms with Crippen LogP contribution >= 0.6 is 15.9 Å². The maximum absolute atomic E-state index is 12.1. The molecule has 1 aliphatic rings. The van der Waals surface area contributed by atoms with Gasteiger partial charge in [0.05, 0.1) is 0 Å². The molecule has 0 radical (unpaired) electrons. The van der Waals surface area contributed by atoms with Crippen LogP contribution in [-0.4, -0.2) is 18.4 Å². The SMILES string of the molecule is CCCN=C1NC(=O)C(C)(c2ccccc2Br)N1. The fourth-order valence-corrected chi connectivity index (χ4v) is 2.60.